The van der Waals surface area contributed by atoms with Crippen molar-refractivity contribution >= 4 is 0 Å². The Labute approximate surface area is 130 Å². The van der Waals surface area contributed by atoms with Crippen LogP contribution in [0.25, 0.3) is 0 Å². The number of ether oxygens (including phenoxy) is 1. The molecule has 0 N–H and O–H groups in total. The molecule has 0 radical (unpaired) electrons. The largest absolute Gasteiger partial charge is 0.419 e. The van der Waals surface area contributed by atoms with E-state index in [0.717, 1.165) is 32.1 Å². The number of nitriles is 1. The van der Waals surface area contributed by atoms with Gasteiger partial charge in [-0.1, -0.05) is 6.92 Å². The first kappa shape index (κ1) is 17.6. The zero-order chi connectivity index (χ0) is 16.4. The van der Waals surface area contributed by atoms with Crippen LogP contribution in [0, 0.1) is 16.7 Å². The molecule has 1 saturated heterocycles. The van der Waals surface area contributed by atoms with Crippen molar-refractivity contribution in [1.29, 1.82) is 5.26 Å². The maximum absolute atomic E-state index is 13.2. The van der Waals surface area contributed by atoms with Crippen molar-refractivity contribution in [3.63, 3.8) is 0 Å². The number of hydrogen-bond donors (Lipinski definition) is 0. The number of alkyl halides is 3. The quantitative estimate of drug-likeness (QED) is 0.771. The minimum atomic E-state index is -4.30. The van der Waals surface area contributed by atoms with Gasteiger partial charge in [0.2, 0.25) is 0 Å². The molecule has 2 aliphatic rings. The number of hydrogen-bond acceptors (Lipinski definition) is 3. The van der Waals surface area contributed by atoms with Crippen LogP contribution in [0.1, 0.15) is 52.4 Å². The van der Waals surface area contributed by atoms with Crippen LogP contribution in [-0.4, -0.2) is 42.4 Å². The van der Waals surface area contributed by atoms with E-state index in [4.69, 9.17) is 10.00 Å². The first-order chi connectivity index (χ1) is 10.3. The van der Waals surface area contributed by atoms with Crippen molar-refractivity contribution in [2.24, 2.45) is 5.41 Å². The van der Waals surface area contributed by atoms with Crippen LogP contribution in [0.15, 0.2) is 0 Å². The van der Waals surface area contributed by atoms with Crippen LogP contribution in [0.4, 0.5) is 13.2 Å². The normalized spacial score (nSPS) is 32.3. The summed E-state index contributed by atoms with van der Waals surface area (Å²) < 4.78 is 44.6. The average Bonchev–Trinajstić information content (AvgIpc) is 2.42. The van der Waals surface area contributed by atoms with Gasteiger partial charge in [-0.2, -0.15) is 18.4 Å². The lowest BCUT2D eigenvalue weighted by atomic mass is 9.68. The van der Waals surface area contributed by atoms with Crippen molar-refractivity contribution in [1.82, 2.24) is 4.90 Å². The lowest BCUT2D eigenvalue weighted by molar-refractivity contribution is -0.322. The number of halogens is 3. The predicted molar refractivity (Wildman–Crippen MR) is 77.2 cm³/mol. The van der Waals surface area contributed by atoms with Crippen molar-refractivity contribution in [2.75, 3.05) is 19.7 Å². The van der Waals surface area contributed by atoms with Gasteiger partial charge in [0.15, 0.2) is 5.60 Å². The highest BCUT2D eigenvalue weighted by molar-refractivity contribution is 5.06. The molecular weight excluding hydrogens is 293 g/mol. The van der Waals surface area contributed by atoms with Gasteiger partial charge in [0.25, 0.3) is 0 Å². The van der Waals surface area contributed by atoms with Crippen molar-refractivity contribution in [2.45, 2.75) is 70.2 Å². The summed E-state index contributed by atoms with van der Waals surface area (Å²) in [6, 6.07) is 2.47. The second kappa shape index (κ2) is 6.37. The summed E-state index contributed by atoms with van der Waals surface area (Å²) in [7, 11) is 0. The highest BCUT2D eigenvalue weighted by Gasteiger charge is 2.63. The van der Waals surface area contributed by atoms with Crippen LogP contribution < -0.4 is 0 Å². The van der Waals surface area contributed by atoms with Gasteiger partial charge in [0.1, 0.15) is 0 Å². The summed E-state index contributed by atoms with van der Waals surface area (Å²) in [4.78, 5) is 1.91. The second-order valence-electron chi connectivity index (χ2n) is 6.75. The van der Waals surface area contributed by atoms with Crippen LogP contribution in [0.3, 0.4) is 0 Å². The number of rotatable bonds is 5. The molecule has 1 heterocycles. The molecule has 1 saturated carbocycles. The van der Waals surface area contributed by atoms with Crippen molar-refractivity contribution in [3.05, 3.63) is 0 Å². The van der Waals surface area contributed by atoms with Crippen LogP contribution in [0.5, 0.6) is 0 Å². The molecule has 2 rings (SSSR count). The van der Waals surface area contributed by atoms with E-state index < -0.39 is 11.8 Å². The molecule has 2 fully saturated rings. The molecule has 0 aromatic rings. The van der Waals surface area contributed by atoms with E-state index in [9.17, 15) is 13.2 Å². The third-order valence-electron chi connectivity index (χ3n) is 5.59. The lowest BCUT2D eigenvalue weighted by Gasteiger charge is -2.54. The molecule has 0 spiro atoms. The molecule has 126 valence electrons. The molecule has 0 aromatic carbocycles. The Morgan fingerprint density at radius 1 is 1.23 bits per heavy atom. The van der Waals surface area contributed by atoms with Crippen molar-refractivity contribution in [3.8, 4) is 6.07 Å². The van der Waals surface area contributed by atoms with E-state index in [1.807, 2.05) is 4.90 Å². The Hall–Kier alpha value is -0.800. The third kappa shape index (κ3) is 3.11. The molecular formula is C16H25F3N2O. The molecule has 0 aromatic heterocycles. The zero-order valence-corrected chi connectivity index (χ0v) is 13.4. The number of nitrogens with zero attached hydrogens (tertiary/aromatic N) is 2. The molecule has 3 nitrogen and oxygen atoms in total. The Morgan fingerprint density at radius 2 is 1.82 bits per heavy atom. The van der Waals surface area contributed by atoms with Crippen molar-refractivity contribution < 1.29 is 17.9 Å². The van der Waals surface area contributed by atoms with Gasteiger partial charge in [-0.15, -0.1) is 0 Å². The maximum Gasteiger partial charge on any atom is 0.419 e. The molecule has 0 unspecified atom stereocenters. The SMILES string of the molecule is CCOC1(C(F)(F)F)CN([C@H]2CC[C@](CC)(CC#N)CC2)C1. The Morgan fingerprint density at radius 3 is 2.23 bits per heavy atom. The van der Waals surface area contributed by atoms with Gasteiger partial charge in [-0.3, -0.25) is 4.90 Å². The summed E-state index contributed by atoms with van der Waals surface area (Å²) in [6.45, 7) is 3.69. The fourth-order valence-electron chi connectivity index (χ4n) is 3.90. The lowest BCUT2D eigenvalue weighted by Crippen LogP contribution is -2.72. The Bertz CT molecular complexity index is 416. The zero-order valence-electron chi connectivity index (χ0n) is 13.4. The van der Waals surface area contributed by atoms with Crippen LogP contribution >= 0.6 is 0 Å². The van der Waals surface area contributed by atoms with Gasteiger partial charge in [0.05, 0.1) is 6.07 Å². The third-order valence-corrected chi connectivity index (χ3v) is 5.59. The molecule has 0 amide bonds. The topological polar surface area (TPSA) is 36.3 Å². The maximum atomic E-state index is 13.2. The first-order valence-corrected chi connectivity index (χ1v) is 8.13. The van der Waals surface area contributed by atoms with E-state index >= 15 is 0 Å². The van der Waals surface area contributed by atoms with Gasteiger partial charge in [-0.25, -0.2) is 0 Å². The summed E-state index contributed by atoms with van der Waals surface area (Å²) in [5.74, 6) is 0. The summed E-state index contributed by atoms with van der Waals surface area (Å²) in [6.07, 6.45) is 0.867. The van der Waals surface area contributed by atoms with Crippen LogP contribution in [-0.2, 0) is 4.74 Å². The van der Waals surface area contributed by atoms with Gasteiger partial charge < -0.3 is 4.74 Å². The summed E-state index contributed by atoms with van der Waals surface area (Å²) in [5, 5.41) is 8.96. The Balaban J connectivity index is 1.91. The highest BCUT2D eigenvalue weighted by atomic mass is 19.4. The van der Waals surface area contributed by atoms with E-state index in [2.05, 4.69) is 13.0 Å². The van der Waals surface area contributed by atoms with E-state index in [-0.39, 0.29) is 31.2 Å². The van der Waals surface area contributed by atoms with E-state index in [0.29, 0.717) is 6.42 Å². The smallest absolute Gasteiger partial charge is 0.363 e. The second-order valence-corrected chi connectivity index (χ2v) is 6.75. The fraction of sp³-hybridized carbons (Fsp3) is 0.938. The number of likely N-dealkylation sites (tertiary alicyclic amines) is 1. The molecule has 1 aliphatic carbocycles. The minimum Gasteiger partial charge on any atom is -0.363 e. The average molecular weight is 318 g/mol. The van der Waals surface area contributed by atoms with E-state index in [1.165, 1.54) is 0 Å². The highest BCUT2D eigenvalue weighted by Crippen LogP contribution is 2.47. The Kier molecular flexibility index (Phi) is 5.08. The van der Waals surface area contributed by atoms with Gasteiger partial charge >= 0.3 is 6.18 Å². The summed E-state index contributed by atoms with van der Waals surface area (Å²) in [5.41, 5.74) is -1.88. The van der Waals surface area contributed by atoms with Crippen LogP contribution in [0.2, 0.25) is 0 Å². The molecule has 0 bridgehead atoms. The fourth-order valence-corrected chi connectivity index (χ4v) is 3.90. The first-order valence-electron chi connectivity index (χ1n) is 8.13. The van der Waals surface area contributed by atoms with Gasteiger partial charge in [-0.05, 0) is 44.4 Å². The molecule has 1 aliphatic heterocycles. The summed E-state index contributed by atoms with van der Waals surface area (Å²) >= 11 is 0. The molecule has 6 heteroatoms. The monoisotopic (exact) mass is 318 g/mol. The molecule has 0 atom stereocenters. The standard InChI is InChI=1S/C16H25F3N2O/c1-3-14(9-10-20)7-5-13(6-8-14)21-11-15(12-21,22-4-2)16(17,18)19/h13H,3-9,11-12H2,1-2H3/t13-,14-. The van der Waals surface area contributed by atoms with Gasteiger partial charge in [0, 0.05) is 32.2 Å². The minimum absolute atomic E-state index is 0.0492. The molecule has 22 heavy (non-hydrogen) atoms. The van der Waals surface area contributed by atoms with E-state index in [1.54, 1.807) is 6.92 Å². The predicted octanol–water partition coefficient (Wildman–Crippen LogP) is 3.89.